The van der Waals surface area contributed by atoms with Crippen molar-refractivity contribution in [3.63, 3.8) is 0 Å². The number of ether oxygens (including phenoxy) is 1. The predicted octanol–water partition coefficient (Wildman–Crippen LogP) is 2.31. The minimum Gasteiger partial charge on any atom is -0.445 e. The number of ketones is 1. The van der Waals surface area contributed by atoms with E-state index in [-0.39, 0.29) is 31.2 Å². The predicted molar refractivity (Wildman–Crippen MR) is 138 cm³/mol. The van der Waals surface area contributed by atoms with Gasteiger partial charge in [0.25, 0.3) is 5.91 Å². The summed E-state index contributed by atoms with van der Waals surface area (Å²) >= 11 is 0. The molecule has 2 rings (SSSR count). The molecule has 0 spiro atoms. The number of carbonyl (C=O) groups excluding carboxylic acids is 5. The third-order valence-corrected chi connectivity index (χ3v) is 6.03. The lowest BCUT2D eigenvalue weighted by Gasteiger charge is -2.34. The maximum atomic E-state index is 13.2. The number of alkyl carbamates (subject to hydrolysis) is 1. The molecule has 10 nitrogen and oxygen atoms in total. The average Bonchev–Trinajstić information content (AvgIpc) is 3.68. The summed E-state index contributed by atoms with van der Waals surface area (Å²) < 4.78 is 5.21. The van der Waals surface area contributed by atoms with Gasteiger partial charge in [-0.05, 0) is 44.6 Å². The molecule has 0 heterocycles. The number of nitrogens with zero attached hydrogens (tertiary/aromatic N) is 1. The quantitative estimate of drug-likeness (QED) is 0.325. The number of benzene rings is 1. The largest absolute Gasteiger partial charge is 0.445 e. The molecule has 1 fully saturated rings. The first-order valence-corrected chi connectivity index (χ1v) is 13.0. The van der Waals surface area contributed by atoms with Crippen LogP contribution in [-0.2, 0) is 30.5 Å². The third kappa shape index (κ3) is 9.51. The van der Waals surface area contributed by atoms with Gasteiger partial charge in [0.15, 0.2) is 0 Å². The standard InChI is InChI=1S/C27H40N4O6/c1-6-10-21(24(33)26(35)29-20-13-14-20)31(18(4)5)22(32)15-28-25(34)23(17(2)3)30-27(36)37-16-19-11-8-7-9-12-19/h7-9,11-12,17-18,20-21,23H,6,10,13-16H2,1-5H3,(H,28,34)(H,29,35)(H,30,36)/t21-,23?/m0/s1. The van der Waals surface area contributed by atoms with E-state index in [1.165, 1.54) is 4.90 Å². The highest BCUT2D eigenvalue weighted by molar-refractivity contribution is 6.38. The zero-order valence-electron chi connectivity index (χ0n) is 22.4. The average molecular weight is 517 g/mol. The molecule has 1 aliphatic rings. The molecule has 0 radical (unpaired) electrons. The van der Waals surface area contributed by atoms with Gasteiger partial charge in [0.2, 0.25) is 17.6 Å². The van der Waals surface area contributed by atoms with Crippen LogP contribution in [0.25, 0.3) is 0 Å². The smallest absolute Gasteiger partial charge is 0.408 e. The number of amides is 4. The molecule has 1 saturated carbocycles. The molecule has 0 aliphatic heterocycles. The first kappa shape index (κ1) is 29.8. The first-order valence-electron chi connectivity index (χ1n) is 13.0. The van der Waals surface area contributed by atoms with Crippen LogP contribution in [0.4, 0.5) is 4.79 Å². The van der Waals surface area contributed by atoms with E-state index in [4.69, 9.17) is 4.74 Å². The lowest BCUT2D eigenvalue weighted by atomic mass is 10.0. The minimum atomic E-state index is -0.930. The SMILES string of the molecule is CCC[C@@H](C(=O)C(=O)NC1CC1)N(C(=O)CNC(=O)C(NC(=O)OCc1ccccc1)C(C)C)C(C)C. The van der Waals surface area contributed by atoms with Gasteiger partial charge in [0, 0.05) is 12.1 Å². The highest BCUT2D eigenvalue weighted by Crippen LogP contribution is 2.19. The van der Waals surface area contributed by atoms with E-state index < -0.39 is 41.7 Å². The second-order valence-electron chi connectivity index (χ2n) is 9.96. The van der Waals surface area contributed by atoms with E-state index in [1.807, 2.05) is 37.3 Å². The lowest BCUT2D eigenvalue weighted by Crippen LogP contribution is -2.56. The Labute approximate surface area is 218 Å². The fourth-order valence-electron chi connectivity index (χ4n) is 3.92. The topological polar surface area (TPSA) is 134 Å². The number of rotatable bonds is 14. The van der Waals surface area contributed by atoms with E-state index in [2.05, 4.69) is 16.0 Å². The van der Waals surface area contributed by atoms with Gasteiger partial charge in [-0.3, -0.25) is 19.2 Å². The highest BCUT2D eigenvalue weighted by Gasteiger charge is 2.37. The maximum absolute atomic E-state index is 13.2. The van der Waals surface area contributed by atoms with Gasteiger partial charge < -0.3 is 25.6 Å². The summed E-state index contributed by atoms with van der Waals surface area (Å²) in [6.07, 6.45) is 1.88. The molecule has 1 unspecified atom stereocenters. The van der Waals surface area contributed by atoms with E-state index in [1.54, 1.807) is 27.7 Å². The molecule has 10 heteroatoms. The van der Waals surface area contributed by atoms with Crippen LogP contribution in [0.1, 0.15) is 65.9 Å². The molecule has 37 heavy (non-hydrogen) atoms. The number of nitrogens with one attached hydrogen (secondary N) is 3. The summed E-state index contributed by atoms with van der Waals surface area (Å²) in [6.45, 7) is 8.60. The van der Waals surface area contributed by atoms with Crippen molar-refractivity contribution < 1.29 is 28.7 Å². The maximum Gasteiger partial charge on any atom is 0.408 e. The van der Waals surface area contributed by atoms with E-state index in [0.29, 0.717) is 12.8 Å². The molecule has 1 aromatic carbocycles. The van der Waals surface area contributed by atoms with Gasteiger partial charge in [-0.1, -0.05) is 57.5 Å². The van der Waals surface area contributed by atoms with Crippen LogP contribution >= 0.6 is 0 Å². The molecule has 4 amide bonds. The summed E-state index contributed by atoms with van der Waals surface area (Å²) in [5.74, 6) is -2.63. The van der Waals surface area contributed by atoms with Crippen molar-refractivity contribution in [1.29, 1.82) is 0 Å². The number of carbonyl (C=O) groups is 5. The molecule has 2 atom stereocenters. The molecule has 1 aromatic rings. The van der Waals surface area contributed by atoms with Crippen LogP contribution in [0.3, 0.4) is 0 Å². The Morgan fingerprint density at radius 2 is 1.68 bits per heavy atom. The third-order valence-electron chi connectivity index (χ3n) is 6.03. The van der Waals surface area contributed by atoms with Gasteiger partial charge in [-0.15, -0.1) is 0 Å². The minimum absolute atomic E-state index is 0.0288. The molecule has 0 bridgehead atoms. The van der Waals surface area contributed by atoms with Gasteiger partial charge >= 0.3 is 6.09 Å². The van der Waals surface area contributed by atoms with Gasteiger partial charge in [0.05, 0.1) is 6.54 Å². The van der Waals surface area contributed by atoms with Crippen LogP contribution < -0.4 is 16.0 Å². The summed E-state index contributed by atoms with van der Waals surface area (Å²) in [7, 11) is 0. The molecule has 0 saturated heterocycles. The zero-order valence-corrected chi connectivity index (χ0v) is 22.4. The summed E-state index contributed by atoms with van der Waals surface area (Å²) in [4.78, 5) is 65.0. The Bertz CT molecular complexity index is 945. The van der Waals surface area contributed by atoms with Gasteiger partial charge in [0.1, 0.15) is 18.7 Å². The summed E-state index contributed by atoms with van der Waals surface area (Å²) in [6, 6.07) is 6.96. The van der Waals surface area contributed by atoms with E-state index >= 15 is 0 Å². The Kier molecular flexibility index (Phi) is 11.6. The van der Waals surface area contributed by atoms with Gasteiger partial charge in [-0.2, -0.15) is 0 Å². The van der Waals surface area contributed by atoms with Crippen molar-refractivity contribution in [3.8, 4) is 0 Å². The highest BCUT2D eigenvalue weighted by atomic mass is 16.5. The van der Waals surface area contributed by atoms with E-state index in [0.717, 1.165) is 18.4 Å². The molecule has 0 aromatic heterocycles. The van der Waals surface area contributed by atoms with Crippen molar-refractivity contribution in [2.45, 2.75) is 91.1 Å². The van der Waals surface area contributed by atoms with Crippen molar-refractivity contribution in [1.82, 2.24) is 20.9 Å². The first-order chi connectivity index (χ1) is 17.5. The van der Waals surface area contributed by atoms with Crippen molar-refractivity contribution in [3.05, 3.63) is 35.9 Å². The van der Waals surface area contributed by atoms with Gasteiger partial charge in [-0.25, -0.2) is 4.79 Å². The van der Waals surface area contributed by atoms with Crippen molar-refractivity contribution >= 4 is 29.6 Å². The molecule has 204 valence electrons. The molecule has 1 aliphatic carbocycles. The van der Waals surface area contributed by atoms with Crippen LogP contribution in [-0.4, -0.2) is 65.2 Å². The molecular formula is C27H40N4O6. The van der Waals surface area contributed by atoms with Crippen LogP contribution in [0.2, 0.25) is 0 Å². The van der Waals surface area contributed by atoms with Crippen LogP contribution in [0, 0.1) is 5.92 Å². The Morgan fingerprint density at radius 3 is 2.22 bits per heavy atom. The second-order valence-corrected chi connectivity index (χ2v) is 9.96. The fourth-order valence-corrected chi connectivity index (χ4v) is 3.92. The van der Waals surface area contributed by atoms with Crippen molar-refractivity contribution in [2.24, 2.45) is 5.92 Å². The molecule has 3 N–H and O–H groups in total. The van der Waals surface area contributed by atoms with Crippen LogP contribution in [0.15, 0.2) is 30.3 Å². The summed E-state index contributed by atoms with van der Waals surface area (Å²) in [5, 5.41) is 7.82. The Balaban J connectivity index is 1.98. The second kappa shape index (κ2) is 14.3. The molecular weight excluding hydrogens is 476 g/mol. The monoisotopic (exact) mass is 516 g/mol. The Morgan fingerprint density at radius 1 is 1.03 bits per heavy atom. The van der Waals surface area contributed by atoms with Crippen molar-refractivity contribution in [2.75, 3.05) is 6.54 Å². The lowest BCUT2D eigenvalue weighted by molar-refractivity contribution is -0.147. The Hall–Kier alpha value is -3.43. The zero-order chi connectivity index (χ0) is 27.5. The number of Topliss-reactive ketones (excluding diaryl/α,β-unsaturated/α-hetero) is 1. The van der Waals surface area contributed by atoms with E-state index in [9.17, 15) is 24.0 Å². The van der Waals surface area contributed by atoms with Crippen LogP contribution in [0.5, 0.6) is 0 Å². The number of hydrogen-bond donors (Lipinski definition) is 3. The summed E-state index contributed by atoms with van der Waals surface area (Å²) in [5.41, 5.74) is 0.810. The fraction of sp³-hybridized carbons (Fsp3) is 0.593. The number of hydrogen-bond acceptors (Lipinski definition) is 6. The normalized spacial score (nSPS) is 14.5.